The van der Waals surface area contributed by atoms with Gasteiger partial charge in [0.1, 0.15) is 19.5 Å². The fourth-order valence-corrected chi connectivity index (χ4v) is 6.50. The monoisotopic (exact) mass is 601 g/mol. The number of ether oxygens (including phenoxy) is 2. The minimum absolute atomic E-state index is 0.0215. The van der Waals surface area contributed by atoms with Crippen LogP contribution in [0.3, 0.4) is 0 Å². The average Bonchev–Trinajstić information content (AvgIpc) is 3.54. The second-order valence-electron chi connectivity index (χ2n) is 9.95. The second-order valence-corrected chi connectivity index (χ2v) is 12.6. The molecule has 2 aromatic carbocycles. The smallest absolute Gasteiger partial charge is 0.316 e. The maximum atomic E-state index is 13.9. The lowest BCUT2D eigenvalue weighted by molar-refractivity contribution is 0.202. The predicted octanol–water partition coefficient (Wildman–Crippen LogP) is 6.28. The van der Waals surface area contributed by atoms with Gasteiger partial charge in [0.25, 0.3) is 10.0 Å². The van der Waals surface area contributed by atoms with E-state index in [2.05, 4.69) is 19.9 Å². The fourth-order valence-electron chi connectivity index (χ4n) is 4.22. The SMILES string of the molecule is Cc1ccc(-c2c(OCCOc3ncc(-c4ccsc4)cn3)ncnc2N(CC(C)C)S(=O)(=O)c2ccccc2)cc1. The quantitative estimate of drug-likeness (QED) is 0.154. The summed E-state index contributed by atoms with van der Waals surface area (Å²) >= 11 is 1.61. The molecule has 0 atom stereocenters. The maximum absolute atomic E-state index is 13.9. The summed E-state index contributed by atoms with van der Waals surface area (Å²) in [7, 11) is -3.94. The molecule has 0 aliphatic heterocycles. The number of hydrogen-bond donors (Lipinski definition) is 0. The Labute approximate surface area is 249 Å². The van der Waals surface area contributed by atoms with Crippen LogP contribution in [-0.2, 0) is 10.0 Å². The normalized spacial score (nSPS) is 11.4. The summed E-state index contributed by atoms with van der Waals surface area (Å²) in [6.45, 7) is 6.41. The molecule has 0 saturated heterocycles. The number of benzene rings is 2. The predicted molar refractivity (Wildman–Crippen MR) is 164 cm³/mol. The number of rotatable bonds is 12. The zero-order valence-electron chi connectivity index (χ0n) is 23.5. The molecule has 0 amide bonds. The van der Waals surface area contributed by atoms with Gasteiger partial charge in [0.15, 0.2) is 5.82 Å². The van der Waals surface area contributed by atoms with Gasteiger partial charge in [0.2, 0.25) is 5.88 Å². The summed E-state index contributed by atoms with van der Waals surface area (Å²) in [6, 6.07) is 18.3. The van der Waals surface area contributed by atoms with Crippen LogP contribution in [0.2, 0.25) is 0 Å². The van der Waals surface area contributed by atoms with E-state index in [1.807, 2.05) is 61.9 Å². The molecule has 0 aliphatic rings. The maximum Gasteiger partial charge on any atom is 0.316 e. The van der Waals surface area contributed by atoms with E-state index in [-0.39, 0.29) is 48.3 Å². The van der Waals surface area contributed by atoms with Gasteiger partial charge in [-0.3, -0.25) is 0 Å². The molecule has 42 heavy (non-hydrogen) atoms. The van der Waals surface area contributed by atoms with Crippen LogP contribution in [0, 0.1) is 12.8 Å². The van der Waals surface area contributed by atoms with Crippen molar-refractivity contribution in [1.82, 2.24) is 19.9 Å². The molecule has 0 spiro atoms. The number of nitrogens with zero attached hydrogens (tertiary/aromatic N) is 5. The third-order valence-corrected chi connectivity index (χ3v) is 8.72. The Bertz CT molecular complexity index is 1700. The highest BCUT2D eigenvalue weighted by Crippen LogP contribution is 2.38. The summed E-state index contributed by atoms with van der Waals surface area (Å²) in [5.41, 5.74) is 4.24. The number of aromatic nitrogens is 4. The van der Waals surface area contributed by atoms with Gasteiger partial charge in [-0.25, -0.2) is 32.7 Å². The molecule has 5 rings (SSSR count). The van der Waals surface area contributed by atoms with E-state index in [4.69, 9.17) is 9.47 Å². The van der Waals surface area contributed by atoms with Crippen LogP contribution in [0.15, 0.2) is 95.0 Å². The van der Waals surface area contributed by atoms with Crippen LogP contribution in [0.1, 0.15) is 19.4 Å². The van der Waals surface area contributed by atoms with Gasteiger partial charge >= 0.3 is 6.01 Å². The fraction of sp³-hybridized carbons (Fsp3) is 0.226. The van der Waals surface area contributed by atoms with E-state index < -0.39 is 10.0 Å². The van der Waals surface area contributed by atoms with E-state index in [0.29, 0.717) is 5.56 Å². The zero-order chi connectivity index (χ0) is 29.5. The highest BCUT2D eigenvalue weighted by Gasteiger charge is 2.31. The summed E-state index contributed by atoms with van der Waals surface area (Å²) < 4.78 is 41.0. The van der Waals surface area contributed by atoms with Gasteiger partial charge in [0, 0.05) is 24.5 Å². The van der Waals surface area contributed by atoms with Crippen molar-refractivity contribution in [2.24, 2.45) is 5.92 Å². The molecule has 9 nitrogen and oxygen atoms in total. The first-order valence-corrected chi connectivity index (χ1v) is 15.8. The van der Waals surface area contributed by atoms with Crippen LogP contribution < -0.4 is 13.8 Å². The Morgan fingerprint density at radius 2 is 1.55 bits per heavy atom. The lowest BCUT2D eigenvalue weighted by Gasteiger charge is -2.27. The molecule has 5 aromatic rings. The van der Waals surface area contributed by atoms with Gasteiger partial charge in [-0.2, -0.15) is 11.3 Å². The first-order chi connectivity index (χ1) is 20.3. The van der Waals surface area contributed by atoms with Crippen molar-refractivity contribution in [3.63, 3.8) is 0 Å². The average molecular weight is 602 g/mol. The van der Waals surface area contributed by atoms with E-state index >= 15 is 0 Å². The Hall–Kier alpha value is -4.35. The summed E-state index contributed by atoms with van der Waals surface area (Å²) in [4.78, 5) is 17.7. The van der Waals surface area contributed by atoms with E-state index in [9.17, 15) is 8.42 Å². The summed E-state index contributed by atoms with van der Waals surface area (Å²) in [5.74, 6) is 0.515. The Balaban J connectivity index is 1.43. The molecule has 0 radical (unpaired) electrons. The topological polar surface area (TPSA) is 107 Å². The number of thiophene rings is 1. The van der Waals surface area contributed by atoms with Gasteiger partial charge in [-0.05, 0) is 52.9 Å². The minimum Gasteiger partial charge on any atom is -0.473 e. The molecule has 0 fully saturated rings. The van der Waals surface area contributed by atoms with Crippen LogP contribution in [0.5, 0.6) is 11.9 Å². The van der Waals surface area contributed by atoms with Gasteiger partial charge in [-0.15, -0.1) is 0 Å². The van der Waals surface area contributed by atoms with Crippen molar-refractivity contribution in [3.05, 3.63) is 95.7 Å². The highest BCUT2D eigenvalue weighted by molar-refractivity contribution is 7.92. The third kappa shape index (κ3) is 6.75. The first kappa shape index (κ1) is 29.2. The summed E-state index contributed by atoms with van der Waals surface area (Å²) in [6.07, 6.45) is 4.76. The molecule has 216 valence electrons. The van der Waals surface area contributed by atoms with Crippen molar-refractivity contribution < 1.29 is 17.9 Å². The lowest BCUT2D eigenvalue weighted by Crippen LogP contribution is -2.35. The number of hydrogen-bond acceptors (Lipinski definition) is 9. The van der Waals surface area contributed by atoms with Crippen molar-refractivity contribution in [2.45, 2.75) is 25.7 Å². The van der Waals surface area contributed by atoms with E-state index in [1.165, 1.54) is 10.6 Å². The van der Waals surface area contributed by atoms with Crippen molar-refractivity contribution >= 4 is 27.2 Å². The van der Waals surface area contributed by atoms with Crippen LogP contribution in [-0.4, -0.2) is 48.1 Å². The zero-order valence-corrected chi connectivity index (χ0v) is 25.2. The third-order valence-electron chi connectivity index (χ3n) is 6.27. The van der Waals surface area contributed by atoms with E-state index in [0.717, 1.165) is 22.3 Å². The van der Waals surface area contributed by atoms with Crippen LogP contribution in [0.25, 0.3) is 22.3 Å². The molecule has 0 N–H and O–H groups in total. The van der Waals surface area contributed by atoms with Gasteiger partial charge in [-0.1, -0.05) is 61.9 Å². The molecule has 11 heteroatoms. The first-order valence-electron chi connectivity index (χ1n) is 13.4. The van der Waals surface area contributed by atoms with Gasteiger partial charge < -0.3 is 9.47 Å². The molecule has 0 unspecified atom stereocenters. The molecule has 0 aliphatic carbocycles. The van der Waals surface area contributed by atoms with Crippen molar-refractivity contribution in [1.29, 1.82) is 0 Å². The largest absolute Gasteiger partial charge is 0.473 e. The molecule has 3 aromatic heterocycles. The van der Waals surface area contributed by atoms with Crippen molar-refractivity contribution in [3.8, 4) is 34.1 Å². The number of aryl methyl sites for hydroxylation is 1. The molecule has 0 bridgehead atoms. The molecule has 0 saturated carbocycles. The van der Waals surface area contributed by atoms with Crippen LogP contribution in [0.4, 0.5) is 5.82 Å². The van der Waals surface area contributed by atoms with Crippen LogP contribution >= 0.6 is 11.3 Å². The molecular weight excluding hydrogens is 571 g/mol. The second kappa shape index (κ2) is 13.1. The van der Waals surface area contributed by atoms with E-state index in [1.54, 1.807) is 54.1 Å². The highest BCUT2D eigenvalue weighted by atomic mass is 32.2. The standard InChI is InChI=1S/C31H31N5O4S2/c1-22(2)19-36(42(37,38)27-7-5-4-6-8-27)29-28(24-11-9-23(3)10-12-24)30(35-21-34-29)39-14-15-40-31-32-17-26(18-33-31)25-13-16-41-20-25/h4-13,16-18,20-22H,14-15,19H2,1-3H3. The Morgan fingerprint density at radius 1 is 0.833 bits per heavy atom. The lowest BCUT2D eigenvalue weighted by atomic mass is 10.1. The Morgan fingerprint density at radius 3 is 2.21 bits per heavy atom. The summed E-state index contributed by atoms with van der Waals surface area (Å²) in [5, 5.41) is 4.03. The Kier molecular flexibility index (Phi) is 9.09. The number of sulfonamides is 1. The van der Waals surface area contributed by atoms with Gasteiger partial charge in [0.05, 0.1) is 10.5 Å². The minimum atomic E-state index is -3.94. The molecular formula is C31H31N5O4S2. The number of anilines is 1. The molecule has 3 heterocycles. The van der Waals surface area contributed by atoms with Crippen molar-refractivity contribution in [2.75, 3.05) is 24.1 Å².